The number of fused-ring (bicyclic) bond motifs is 1. The van der Waals surface area contributed by atoms with Crippen LogP contribution in [-0.2, 0) is 38.2 Å². The van der Waals surface area contributed by atoms with Crippen LogP contribution in [0, 0.1) is 0 Å². The summed E-state index contributed by atoms with van der Waals surface area (Å²) in [5.74, 6) is -1.71. The zero-order chi connectivity index (χ0) is 17.9. The number of hydrogen-bond donors (Lipinski definition) is 2. The Kier molecular flexibility index (Phi) is 5.67. The lowest BCUT2D eigenvalue weighted by molar-refractivity contribution is -0.152. The first-order chi connectivity index (χ1) is 11.3. The Morgan fingerprint density at radius 3 is 2.75 bits per heavy atom. The first-order valence-corrected chi connectivity index (χ1v) is 7.89. The van der Waals surface area contributed by atoms with Crippen LogP contribution >= 0.6 is 0 Å². The van der Waals surface area contributed by atoms with Gasteiger partial charge in [0.1, 0.15) is 23.9 Å². The van der Waals surface area contributed by atoms with Crippen molar-refractivity contribution < 1.29 is 27.7 Å². The molecule has 2 rings (SSSR count). The van der Waals surface area contributed by atoms with Gasteiger partial charge in [0.05, 0.1) is 0 Å². The lowest BCUT2D eigenvalue weighted by Crippen LogP contribution is -2.32. The standard InChI is InChI=1S/C14H17N3O6S/c1-16(23-24(21)22)13(18)8-17-7-9(6-11(15)14(19)20)10-4-2-3-5-12(10)17/h2-5,7,11H,6,8,15H2,1H3,(H,19,20)(H,21,22)/p-1/t11-/m0/s1. The number of carbonyl (C=O) groups is 2. The molecule has 1 unspecified atom stereocenters. The van der Waals surface area contributed by atoms with Gasteiger partial charge in [-0.2, -0.15) is 4.28 Å². The molecular formula is C14H16N3O6S-. The molecule has 1 aromatic heterocycles. The van der Waals surface area contributed by atoms with Gasteiger partial charge in [0, 0.05) is 30.6 Å². The van der Waals surface area contributed by atoms with Crippen molar-refractivity contribution in [3.8, 4) is 0 Å². The summed E-state index contributed by atoms with van der Waals surface area (Å²) in [6.45, 7) is -0.170. The number of hydrogen-bond acceptors (Lipinski definition) is 6. The third kappa shape index (κ3) is 4.17. The highest BCUT2D eigenvalue weighted by Gasteiger charge is 2.18. The smallest absolute Gasteiger partial charge is 0.320 e. The van der Waals surface area contributed by atoms with Gasteiger partial charge < -0.3 is 20.0 Å². The van der Waals surface area contributed by atoms with Gasteiger partial charge in [-0.1, -0.05) is 18.2 Å². The lowest BCUT2D eigenvalue weighted by Gasteiger charge is -2.17. The first-order valence-electron chi connectivity index (χ1n) is 6.89. The van der Waals surface area contributed by atoms with E-state index in [1.54, 1.807) is 35.0 Å². The lowest BCUT2D eigenvalue weighted by atomic mass is 10.1. The normalized spacial score (nSPS) is 13.6. The molecule has 1 aromatic carbocycles. The van der Waals surface area contributed by atoms with E-state index >= 15 is 0 Å². The molecule has 130 valence electrons. The largest absolute Gasteiger partial charge is 0.748 e. The van der Waals surface area contributed by atoms with E-state index in [2.05, 4.69) is 4.28 Å². The van der Waals surface area contributed by atoms with Crippen LogP contribution in [0.2, 0.25) is 0 Å². The molecule has 0 aliphatic carbocycles. The van der Waals surface area contributed by atoms with Crippen molar-refractivity contribution >= 4 is 34.1 Å². The highest BCUT2D eigenvalue weighted by Crippen LogP contribution is 2.22. The van der Waals surface area contributed by atoms with Crippen LogP contribution in [0.25, 0.3) is 10.9 Å². The minimum absolute atomic E-state index is 0.105. The number of carboxylic acid groups (broad SMARTS) is 1. The molecule has 9 nitrogen and oxygen atoms in total. The van der Waals surface area contributed by atoms with Crippen molar-refractivity contribution in [2.75, 3.05) is 7.05 Å². The number of nitrogens with zero attached hydrogens (tertiary/aromatic N) is 2. The molecule has 1 heterocycles. The molecule has 0 spiro atoms. The van der Waals surface area contributed by atoms with Gasteiger partial charge in [-0.3, -0.25) is 9.59 Å². The number of benzene rings is 1. The van der Waals surface area contributed by atoms with E-state index in [0.717, 1.165) is 5.39 Å². The number of nitrogens with two attached hydrogens (primary N) is 1. The zero-order valence-corrected chi connectivity index (χ0v) is 13.6. The third-order valence-corrected chi connectivity index (χ3v) is 3.80. The van der Waals surface area contributed by atoms with Crippen molar-refractivity contribution in [3.05, 3.63) is 36.0 Å². The van der Waals surface area contributed by atoms with Gasteiger partial charge in [0.2, 0.25) is 0 Å². The Labute approximate surface area is 140 Å². The number of para-hydroxylation sites is 1. The van der Waals surface area contributed by atoms with E-state index in [1.165, 1.54) is 7.05 Å². The second-order valence-corrected chi connectivity index (χ2v) is 5.68. The summed E-state index contributed by atoms with van der Waals surface area (Å²) < 4.78 is 26.8. The topological polar surface area (TPSA) is 138 Å². The van der Waals surface area contributed by atoms with Crippen molar-refractivity contribution in [2.24, 2.45) is 5.73 Å². The summed E-state index contributed by atoms with van der Waals surface area (Å²) in [4.78, 5) is 23.0. The fourth-order valence-electron chi connectivity index (χ4n) is 2.32. The second kappa shape index (κ2) is 7.53. The number of carbonyl (C=O) groups excluding carboxylic acids is 1. The average molecular weight is 354 g/mol. The predicted molar refractivity (Wildman–Crippen MR) is 84.0 cm³/mol. The quantitative estimate of drug-likeness (QED) is 0.518. The van der Waals surface area contributed by atoms with E-state index in [4.69, 9.17) is 10.8 Å². The van der Waals surface area contributed by atoms with Gasteiger partial charge in [0.15, 0.2) is 0 Å². The maximum atomic E-state index is 12.0. The molecule has 0 aliphatic heterocycles. The molecule has 0 saturated carbocycles. The number of carboxylic acids is 1. The van der Waals surface area contributed by atoms with E-state index in [1.807, 2.05) is 0 Å². The number of aliphatic carboxylic acids is 1. The van der Waals surface area contributed by atoms with E-state index < -0.39 is 29.3 Å². The number of likely N-dealkylation sites (N-methyl/N-ethyl adjacent to an activating group) is 1. The Balaban J connectivity index is 2.29. The van der Waals surface area contributed by atoms with Crippen LogP contribution in [-0.4, -0.2) is 48.5 Å². The fourth-order valence-corrected chi connectivity index (χ4v) is 2.58. The molecule has 0 bridgehead atoms. The van der Waals surface area contributed by atoms with Crippen molar-refractivity contribution in [2.45, 2.75) is 19.0 Å². The molecule has 1 amide bonds. The van der Waals surface area contributed by atoms with Gasteiger partial charge in [-0.15, -0.1) is 0 Å². The Morgan fingerprint density at radius 2 is 2.12 bits per heavy atom. The van der Waals surface area contributed by atoms with Crippen LogP contribution in [0.5, 0.6) is 0 Å². The highest BCUT2D eigenvalue weighted by molar-refractivity contribution is 7.74. The van der Waals surface area contributed by atoms with Crippen LogP contribution in [0.1, 0.15) is 5.56 Å². The van der Waals surface area contributed by atoms with Crippen LogP contribution in [0.15, 0.2) is 30.5 Å². The Bertz CT molecular complexity index is 790. The molecule has 2 aromatic rings. The molecular weight excluding hydrogens is 338 g/mol. The van der Waals surface area contributed by atoms with Gasteiger partial charge >= 0.3 is 5.97 Å². The minimum Gasteiger partial charge on any atom is -0.748 e. The summed E-state index contributed by atoms with van der Waals surface area (Å²) in [6, 6.07) is 6.07. The molecule has 0 saturated heterocycles. The molecule has 0 aliphatic rings. The summed E-state index contributed by atoms with van der Waals surface area (Å²) in [5.41, 5.74) is 6.97. The molecule has 24 heavy (non-hydrogen) atoms. The maximum Gasteiger partial charge on any atom is 0.320 e. The van der Waals surface area contributed by atoms with E-state index in [-0.39, 0.29) is 13.0 Å². The highest BCUT2D eigenvalue weighted by atomic mass is 32.2. The number of rotatable bonds is 7. The maximum absolute atomic E-state index is 12.0. The fraction of sp³-hybridized carbons (Fsp3) is 0.286. The SMILES string of the molecule is CN(OS(=O)[O-])C(=O)Cn1cc(C[C@H](N)C(=O)O)c2ccccc21. The molecule has 2 atom stereocenters. The summed E-state index contributed by atoms with van der Waals surface area (Å²) in [6.07, 6.45) is 1.74. The number of aromatic nitrogens is 1. The minimum atomic E-state index is -2.85. The second-order valence-electron chi connectivity index (χ2n) is 5.12. The third-order valence-electron chi connectivity index (χ3n) is 3.46. The Hall–Kier alpha value is -2.27. The predicted octanol–water partition coefficient (Wildman–Crippen LogP) is -0.220. The average Bonchev–Trinajstić information content (AvgIpc) is 2.84. The van der Waals surface area contributed by atoms with E-state index in [9.17, 15) is 18.4 Å². The van der Waals surface area contributed by atoms with Crippen molar-refractivity contribution in [3.63, 3.8) is 0 Å². The summed E-state index contributed by atoms with van der Waals surface area (Å²) in [7, 11) is 1.19. The number of hydroxylamine groups is 2. The van der Waals surface area contributed by atoms with Gasteiger partial charge in [-0.25, -0.2) is 9.27 Å². The van der Waals surface area contributed by atoms with Crippen LogP contribution < -0.4 is 5.73 Å². The summed E-state index contributed by atoms with van der Waals surface area (Å²) >= 11 is -2.85. The monoisotopic (exact) mass is 354 g/mol. The van der Waals surface area contributed by atoms with Gasteiger partial charge in [-0.05, 0) is 11.6 Å². The molecule has 3 N–H and O–H groups in total. The van der Waals surface area contributed by atoms with Gasteiger partial charge in [0.25, 0.3) is 5.91 Å². The van der Waals surface area contributed by atoms with Crippen molar-refractivity contribution in [1.29, 1.82) is 0 Å². The molecule has 0 radical (unpaired) electrons. The number of amides is 1. The first kappa shape index (κ1) is 18.1. The summed E-state index contributed by atoms with van der Waals surface area (Å²) in [5, 5.41) is 10.3. The van der Waals surface area contributed by atoms with Crippen molar-refractivity contribution in [1.82, 2.24) is 9.63 Å². The van der Waals surface area contributed by atoms with Crippen LogP contribution in [0.3, 0.4) is 0 Å². The zero-order valence-electron chi connectivity index (χ0n) is 12.7. The Morgan fingerprint density at radius 1 is 1.46 bits per heavy atom. The molecule has 0 fully saturated rings. The van der Waals surface area contributed by atoms with Crippen LogP contribution in [0.4, 0.5) is 0 Å². The van der Waals surface area contributed by atoms with E-state index in [0.29, 0.717) is 16.1 Å². The molecule has 10 heteroatoms.